The molecule has 1 aromatic heterocycles. The van der Waals surface area contributed by atoms with Gasteiger partial charge in [0.15, 0.2) is 5.82 Å². The molecule has 6 nitrogen and oxygen atoms in total. The van der Waals surface area contributed by atoms with Crippen molar-refractivity contribution in [1.82, 2.24) is 10.2 Å². The van der Waals surface area contributed by atoms with Crippen molar-refractivity contribution >= 4 is 22.6 Å². The third-order valence-corrected chi connectivity index (χ3v) is 4.93. The number of aromatic nitrogens is 2. The first-order valence-corrected chi connectivity index (χ1v) is 10.2. The van der Waals surface area contributed by atoms with Gasteiger partial charge in [-0.15, -0.1) is 13.2 Å². The van der Waals surface area contributed by atoms with Crippen LogP contribution in [-0.2, 0) is 13.0 Å². The van der Waals surface area contributed by atoms with Gasteiger partial charge in [0.2, 0.25) is 0 Å². The molecule has 170 valence electrons. The van der Waals surface area contributed by atoms with E-state index >= 15 is 0 Å². The van der Waals surface area contributed by atoms with E-state index in [-0.39, 0.29) is 18.3 Å². The number of aryl methyl sites for hydroxylation is 1. The van der Waals surface area contributed by atoms with Gasteiger partial charge >= 0.3 is 6.36 Å². The summed E-state index contributed by atoms with van der Waals surface area (Å²) in [5.41, 5.74) is 2.85. The van der Waals surface area contributed by atoms with Crippen molar-refractivity contribution in [1.29, 1.82) is 0 Å². The molecule has 0 aliphatic heterocycles. The predicted octanol–water partition coefficient (Wildman–Crippen LogP) is 5.86. The normalized spacial score (nSPS) is 11.4. The van der Waals surface area contributed by atoms with E-state index in [0.29, 0.717) is 33.6 Å². The number of nitrogens with one attached hydrogen (secondary N) is 2. The molecule has 0 fully saturated rings. The number of hydrogen-bond donors (Lipinski definition) is 2. The SMILES string of the molecule is CCc1ccc(C(=O)Nc2n[nH]c3ccc(OCc4cccc(OC(F)(F)F)c4)cc23)cc1. The number of anilines is 1. The molecule has 3 aromatic carbocycles. The summed E-state index contributed by atoms with van der Waals surface area (Å²) in [7, 11) is 0. The highest BCUT2D eigenvalue weighted by Crippen LogP contribution is 2.27. The second kappa shape index (κ2) is 9.23. The van der Waals surface area contributed by atoms with Crippen LogP contribution < -0.4 is 14.8 Å². The Morgan fingerprint density at radius 2 is 1.79 bits per heavy atom. The molecule has 1 heterocycles. The maximum atomic E-state index is 12.6. The van der Waals surface area contributed by atoms with E-state index in [1.807, 2.05) is 19.1 Å². The molecule has 1 amide bonds. The summed E-state index contributed by atoms with van der Waals surface area (Å²) in [6, 6.07) is 18.0. The first kappa shape index (κ1) is 22.2. The van der Waals surface area contributed by atoms with Gasteiger partial charge in [-0.2, -0.15) is 5.10 Å². The lowest BCUT2D eigenvalue weighted by molar-refractivity contribution is -0.274. The molecule has 4 aromatic rings. The van der Waals surface area contributed by atoms with Gasteiger partial charge in [-0.25, -0.2) is 0 Å². The summed E-state index contributed by atoms with van der Waals surface area (Å²) in [6.45, 7) is 2.07. The highest BCUT2D eigenvalue weighted by Gasteiger charge is 2.31. The lowest BCUT2D eigenvalue weighted by Gasteiger charge is -2.11. The monoisotopic (exact) mass is 455 g/mol. The number of aromatic amines is 1. The highest BCUT2D eigenvalue weighted by atomic mass is 19.4. The topological polar surface area (TPSA) is 76.2 Å². The number of ether oxygens (including phenoxy) is 2. The van der Waals surface area contributed by atoms with Gasteiger partial charge in [-0.1, -0.05) is 31.2 Å². The Labute approximate surface area is 187 Å². The summed E-state index contributed by atoms with van der Waals surface area (Å²) in [4.78, 5) is 12.6. The average Bonchev–Trinajstić information content (AvgIpc) is 3.19. The molecule has 0 saturated heterocycles. The molecule has 0 spiro atoms. The van der Waals surface area contributed by atoms with Gasteiger partial charge in [0, 0.05) is 10.9 Å². The van der Waals surface area contributed by atoms with Gasteiger partial charge in [0.25, 0.3) is 5.91 Å². The molecule has 0 unspecified atom stereocenters. The van der Waals surface area contributed by atoms with Gasteiger partial charge in [0.1, 0.15) is 18.1 Å². The molecule has 0 aliphatic rings. The fraction of sp³-hybridized carbons (Fsp3) is 0.167. The van der Waals surface area contributed by atoms with E-state index in [1.54, 1.807) is 36.4 Å². The third kappa shape index (κ3) is 5.62. The van der Waals surface area contributed by atoms with Crippen LogP contribution in [0.2, 0.25) is 0 Å². The van der Waals surface area contributed by atoms with Crippen molar-refractivity contribution in [3.8, 4) is 11.5 Å². The molecule has 4 rings (SSSR count). The lowest BCUT2D eigenvalue weighted by atomic mass is 10.1. The number of hydrogen-bond acceptors (Lipinski definition) is 4. The molecule has 0 bridgehead atoms. The van der Waals surface area contributed by atoms with E-state index in [0.717, 1.165) is 12.0 Å². The fourth-order valence-corrected chi connectivity index (χ4v) is 3.25. The predicted molar refractivity (Wildman–Crippen MR) is 117 cm³/mol. The molecular formula is C24H20F3N3O3. The van der Waals surface area contributed by atoms with Gasteiger partial charge in [0.05, 0.1) is 5.52 Å². The van der Waals surface area contributed by atoms with Crippen LogP contribution in [-0.4, -0.2) is 22.5 Å². The molecule has 0 atom stereocenters. The Morgan fingerprint density at radius 1 is 1.00 bits per heavy atom. The number of nitrogens with zero attached hydrogens (tertiary/aromatic N) is 1. The van der Waals surface area contributed by atoms with E-state index in [2.05, 4.69) is 20.3 Å². The molecule has 0 saturated carbocycles. The maximum absolute atomic E-state index is 12.6. The Kier molecular flexibility index (Phi) is 6.21. The van der Waals surface area contributed by atoms with Crippen molar-refractivity contribution < 1.29 is 27.4 Å². The van der Waals surface area contributed by atoms with E-state index < -0.39 is 6.36 Å². The van der Waals surface area contributed by atoms with Gasteiger partial charge in [-0.05, 0) is 60.0 Å². The minimum Gasteiger partial charge on any atom is -0.489 e. The van der Waals surface area contributed by atoms with Crippen LogP contribution in [0.1, 0.15) is 28.4 Å². The van der Waals surface area contributed by atoms with E-state index in [4.69, 9.17) is 4.74 Å². The number of rotatable bonds is 7. The smallest absolute Gasteiger partial charge is 0.489 e. The van der Waals surface area contributed by atoms with E-state index in [1.165, 1.54) is 18.2 Å². The van der Waals surface area contributed by atoms with Crippen LogP contribution in [0.5, 0.6) is 11.5 Å². The van der Waals surface area contributed by atoms with Crippen LogP contribution in [0.25, 0.3) is 10.9 Å². The van der Waals surface area contributed by atoms with Crippen molar-refractivity contribution in [2.45, 2.75) is 26.3 Å². The number of H-pyrrole nitrogens is 1. The van der Waals surface area contributed by atoms with E-state index in [9.17, 15) is 18.0 Å². The molecule has 0 radical (unpaired) electrons. The minimum atomic E-state index is -4.76. The van der Waals surface area contributed by atoms with Crippen LogP contribution in [0.4, 0.5) is 19.0 Å². The molecular weight excluding hydrogens is 435 g/mol. The maximum Gasteiger partial charge on any atom is 0.573 e. The Balaban J connectivity index is 1.46. The number of halogens is 3. The first-order chi connectivity index (χ1) is 15.8. The zero-order valence-electron chi connectivity index (χ0n) is 17.6. The quantitative estimate of drug-likeness (QED) is 0.366. The van der Waals surface area contributed by atoms with Crippen LogP contribution in [0.3, 0.4) is 0 Å². The van der Waals surface area contributed by atoms with Crippen molar-refractivity contribution in [2.75, 3.05) is 5.32 Å². The first-order valence-electron chi connectivity index (χ1n) is 10.2. The number of amides is 1. The summed E-state index contributed by atoms with van der Waals surface area (Å²) < 4.78 is 46.9. The van der Waals surface area contributed by atoms with Crippen LogP contribution in [0, 0.1) is 0 Å². The zero-order chi connectivity index (χ0) is 23.4. The van der Waals surface area contributed by atoms with Crippen molar-refractivity contribution in [3.63, 3.8) is 0 Å². The van der Waals surface area contributed by atoms with Crippen molar-refractivity contribution in [2.24, 2.45) is 0 Å². The average molecular weight is 455 g/mol. The highest BCUT2D eigenvalue weighted by molar-refractivity contribution is 6.08. The summed E-state index contributed by atoms with van der Waals surface area (Å²) in [5, 5.41) is 10.4. The Bertz CT molecular complexity index is 1270. The van der Waals surface area contributed by atoms with Crippen LogP contribution >= 0.6 is 0 Å². The minimum absolute atomic E-state index is 0.0316. The Morgan fingerprint density at radius 3 is 2.52 bits per heavy atom. The molecule has 33 heavy (non-hydrogen) atoms. The Hall–Kier alpha value is -4.01. The fourth-order valence-electron chi connectivity index (χ4n) is 3.25. The van der Waals surface area contributed by atoms with Crippen molar-refractivity contribution in [3.05, 3.63) is 83.4 Å². The molecule has 2 N–H and O–H groups in total. The zero-order valence-corrected chi connectivity index (χ0v) is 17.6. The second-order valence-electron chi connectivity index (χ2n) is 7.27. The standard InChI is InChI=1S/C24H20F3N3O3/c1-2-15-6-8-17(9-7-15)23(31)28-22-20-13-18(10-11-21(20)29-30-22)32-14-16-4-3-5-19(12-16)33-24(25,26)27/h3-13H,2,14H2,1H3,(H2,28,29,30,31). The molecule has 0 aliphatic carbocycles. The largest absolute Gasteiger partial charge is 0.573 e. The number of fused-ring (bicyclic) bond motifs is 1. The lowest BCUT2D eigenvalue weighted by Crippen LogP contribution is -2.17. The summed E-state index contributed by atoms with van der Waals surface area (Å²) >= 11 is 0. The number of carbonyl (C=O) groups excluding carboxylic acids is 1. The second-order valence-corrected chi connectivity index (χ2v) is 7.27. The summed E-state index contributed by atoms with van der Waals surface area (Å²) in [6.07, 6.45) is -3.88. The third-order valence-electron chi connectivity index (χ3n) is 4.93. The number of alkyl halides is 3. The number of benzene rings is 3. The molecule has 9 heteroatoms. The summed E-state index contributed by atoms with van der Waals surface area (Å²) in [5.74, 6) is 0.208. The van der Waals surface area contributed by atoms with Gasteiger partial charge in [-0.3, -0.25) is 9.89 Å². The van der Waals surface area contributed by atoms with Gasteiger partial charge < -0.3 is 14.8 Å². The number of carbonyl (C=O) groups is 1. The van der Waals surface area contributed by atoms with Crippen LogP contribution in [0.15, 0.2) is 66.7 Å².